The van der Waals surface area contributed by atoms with Crippen molar-refractivity contribution in [2.75, 3.05) is 18.4 Å². The molecule has 0 spiro atoms. The SMILES string of the molecule is CCC1CC2CCCC(CC(=O)Nc3cccc4nc(C(=O)N5CCCC(C(N)=O)C5)cn34)(C1)C2. The number of hydrogen-bond acceptors (Lipinski definition) is 4. The molecular weight excluding hydrogens is 442 g/mol. The number of hydrogen-bond donors (Lipinski definition) is 2. The van der Waals surface area contributed by atoms with Crippen LogP contribution < -0.4 is 11.1 Å². The summed E-state index contributed by atoms with van der Waals surface area (Å²) in [6.45, 7) is 3.19. The molecule has 2 aromatic heterocycles. The van der Waals surface area contributed by atoms with Gasteiger partial charge in [0.25, 0.3) is 5.91 Å². The molecule has 3 amide bonds. The molecule has 3 aliphatic rings. The quantitative estimate of drug-likeness (QED) is 0.652. The van der Waals surface area contributed by atoms with Crippen LogP contribution in [0.4, 0.5) is 5.82 Å². The van der Waals surface area contributed by atoms with Gasteiger partial charge in [-0.25, -0.2) is 4.98 Å². The van der Waals surface area contributed by atoms with Crippen molar-refractivity contribution in [3.8, 4) is 0 Å². The van der Waals surface area contributed by atoms with Gasteiger partial charge in [0.1, 0.15) is 17.2 Å². The van der Waals surface area contributed by atoms with E-state index in [4.69, 9.17) is 5.73 Å². The first-order valence-electron chi connectivity index (χ1n) is 13.2. The Kier molecular flexibility index (Phi) is 6.55. The van der Waals surface area contributed by atoms with Crippen molar-refractivity contribution >= 4 is 29.2 Å². The molecule has 35 heavy (non-hydrogen) atoms. The van der Waals surface area contributed by atoms with Crippen molar-refractivity contribution in [2.45, 2.75) is 71.1 Å². The van der Waals surface area contributed by atoms with Crippen LogP contribution in [0.15, 0.2) is 24.4 Å². The second-order valence-electron chi connectivity index (χ2n) is 11.2. The Bertz CT molecular complexity index is 1130. The van der Waals surface area contributed by atoms with E-state index in [9.17, 15) is 14.4 Å². The number of carbonyl (C=O) groups is 3. The third-order valence-electron chi connectivity index (χ3n) is 8.63. The molecule has 3 fully saturated rings. The maximum absolute atomic E-state index is 13.2. The number of carbonyl (C=O) groups excluding carboxylic acids is 3. The third kappa shape index (κ3) is 4.93. The number of nitrogens with two attached hydrogens (primary N) is 1. The highest BCUT2D eigenvalue weighted by molar-refractivity contribution is 5.94. The second kappa shape index (κ2) is 9.63. The van der Waals surface area contributed by atoms with Crippen LogP contribution in [-0.4, -0.2) is 45.1 Å². The van der Waals surface area contributed by atoms with E-state index in [-0.39, 0.29) is 29.1 Å². The Morgan fingerprint density at radius 3 is 2.86 bits per heavy atom. The van der Waals surface area contributed by atoms with Crippen LogP contribution in [-0.2, 0) is 9.59 Å². The van der Waals surface area contributed by atoms with Gasteiger partial charge in [0.05, 0.1) is 5.92 Å². The molecule has 3 N–H and O–H groups in total. The summed E-state index contributed by atoms with van der Waals surface area (Å²) in [4.78, 5) is 44.1. The summed E-state index contributed by atoms with van der Waals surface area (Å²) >= 11 is 0. The number of fused-ring (bicyclic) bond motifs is 3. The molecular formula is C27H37N5O3. The Balaban J connectivity index is 1.31. The van der Waals surface area contributed by atoms with Gasteiger partial charge >= 0.3 is 0 Å². The van der Waals surface area contributed by atoms with E-state index < -0.39 is 0 Å². The molecule has 4 atom stereocenters. The Hall–Kier alpha value is -2.90. The molecule has 2 saturated carbocycles. The van der Waals surface area contributed by atoms with Gasteiger partial charge in [-0.1, -0.05) is 32.3 Å². The molecule has 0 radical (unpaired) electrons. The number of piperidine rings is 1. The van der Waals surface area contributed by atoms with Gasteiger partial charge in [0.2, 0.25) is 11.8 Å². The summed E-state index contributed by atoms with van der Waals surface area (Å²) in [5.41, 5.74) is 6.51. The van der Waals surface area contributed by atoms with Crippen molar-refractivity contribution in [3.63, 3.8) is 0 Å². The van der Waals surface area contributed by atoms with Gasteiger partial charge in [-0.3, -0.25) is 18.8 Å². The van der Waals surface area contributed by atoms with Crippen molar-refractivity contribution < 1.29 is 14.4 Å². The average molecular weight is 480 g/mol. The summed E-state index contributed by atoms with van der Waals surface area (Å²) in [6.07, 6.45) is 12.2. The van der Waals surface area contributed by atoms with E-state index in [0.717, 1.165) is 31.1 Å². The molecule has 1 saturated heterocycles. The average Bonchev–Trinajstić information content (AvgIpc) is 3.28. The lowest BCUT2D eigenvalue weighted by Crippen LogP contribution is -2.44. The van der Waals surface area contributed by atoms with E-state index in [1.54, 1.807) is 15.5 Å². The lowest BCUT2D eigenvalue weighted by molar-refractivity contribution is -0.123. The van der Waals surface area contributed by atoms with Gasteiger partial charge < -0.3 is 16.0 Å². The highest BCUT2D eigenvalue weighted by atomic mass is 16.2. The first-order valence-corrected chi connectivity index (χ1v) is 13.2. The number of nitrogens with one attached hydrogen (secondary N) is 1. The summed E-state index contributed by atoms with van der Waals surface area (Å²) < 4.78 is 1.78. The predicted molar refractivity (Wildman–Crippen MR) is 134 cm³/mol. The monoisotopic (exact) mass is 479 g/mol. The minimum absolute atomic E-state index is 0.0387. The summed E-state index contributed by atoms with van der Waals surface area (Å²) in [5, 5.41) is 3.11. The van der Waals surface area contributed by atoms with E-state index in [2.05, 4.69) is 17.2 Å². The van der Waals surface area contributed by atoms with Crippen LogP contribution in [0.2, 0.25) is 0 Å². The van der Waals surface area contributed by atoms with E-state index >= 15 is 0 Å². The fraction of sp³-hybridized carbons (Fsp3) is 0.630. The number of nitrogens with zero attached hydrogens (tertiary/aromatic N) is 3. The van der Waals surface area contributed by atoms with Crippen LogP contribution in [0.5, 0.6) is 0 Å². The molecule has 5 rings (SSSR count). The van der Waals surface area contributed by atoms with Crippen LogP contribution >= 0.6 is 0 Å². The van der Waals surface area contributed by atoms with Gasteiger partial charge in [-0.15, -0.1) is 0 Å². The smallest absolute Gasteiger partial charge is 0.274 e. The minimum Gasteiger partial charge on any atom is -0.369 e. The van der Waals surface area contributed by atoms with Gasteiger partial charge in [-0.2, -0.15) is 0 Å². The third-order valence-corrected chi connectivity index (χ3v) is 8.63. The number of likely N-dealkylation sites (tertiary alicyclic amines) is 1. The number of anilines is 1. The predicted octanol–water partition coefficient (Wildman–Crippen LogP) is 4.00. The molecule has 2 aliphatic carbocycles. The molecule has 1 aliphatic heterocycles. The van der Waals surface area contributed by atoms with Crippen molar-refractivity contribution in [2.24, 2.45) is 28.9 Å². The fourth-order valence-corrected chi connectivity index (χ4v) is 6.98. The molecule has 188 valence electrons. The molecule has 8 heteroatoms. The zero-order valence-corrected chi connectivity index (χ0v) is 20.7. The van der Waals surface area contributed by atoms with Crippen LogP contribution in [0.3, 0.4) is 0 Å². The minimum atomic E-state index is -0.366. The van der Waals surface area contributed by atoms with Crippen LogP contribution in [0, 0.1) is 23.2 Å². The number of imidazole rings is 1. The Morgan fingerprint density at radius 2 is 2.06 bits per heavy atom. The molecule has 8 nitrogen and oxygen atoms in total. The second-order valence-corrected chi connectivity index (χ2v) is 11.2. The van der Waals surface area contributed by atoms with E-state index in [1.807, 2.05) is 18.2 Å². The zero-order chi connectivity index (χ0) is 24.6. The highest BCUT2D eigenvalue weighted by Crippen LogP contribution is 2.53. The van der Waals surface area contributed by atoms with Crippen LogP contribution in [0.25, 0.3) is 5.65 Å². The molecule has 2 aromatic rings. The summed E-state index contributed by atoms with van der Waals surface area (Å²) in [6, 6.07) is 5.52. The van der Waals surface area contributed by atoms with Crippen molar-refractivity contribution in [1.82, 2.24) is 14.3 Å². The first-order chi connectivity index (χ1) is 16.9. The lowest BCUT2D eigenvalue weighted by Gasteiger charge is -2.48. The highest BCUT2D eigenvalue weighted by Gasteiger charge is 2.43. The summed E-state index contributed by atoms with van der Waals surface area (Å²) in [5.74, 6) is 1.27. The van der Waals surface area contributed by atoms with Gasteiger partial charge in [0, 0.05) is 25.7 Å². The van der Waals surface area contributed by atoms with Crippen LogP contribution in [0.1, 0.15) is 81.6 Å². The lowest BCUT2D eigenvalue weighted by atomic mass is 9.57. The number of amides is 3. The topological polar surface area (TPSA) is 110 Å². The normalized spacial score (nSPS) is 28.6. The number of pyridine rings is 1. The number of aromatic nitrogens is 2. The van der Waals surface area contributed by atoms with Crippen molar-refractivity contribution in [3.05, 3.63) is 30.1 Å². The maximum atomic E-state index is 13.2. The van der Waals surface area contributed by atoms with Gasteiger partial charge in [0.15, 0.2) is 0 Å². The Labute approximate surface area is 206 Å². The van der Waals surface area contributed by atoms with Gasteiger partial charge in [-0.05, 0) is 67.9 Å². The number of rotatable bonds is 6. The first kappa shape index (κ1) is 23.8. The number of primary amides is 1. The summed E-state index contributed by atoms with van der Waals surface area (Å²) in [7, 11) is 0. The molecule has 3 heterocycles. The molecule has 2 bridgehead atoms. The molecule has 0 aromatic carbocycles. The van der Waals surface area contributed by atoms with Crippen molar-refractivity contribution in [1.29, 1.82) is 0 Å². The Morgan fingerprint density at radius 1 is 1.20 bits per heavy atom. The molecule has 4 unspecified atom stereocenters. The van der Waals surface area contributed by atoms with E-state index in [1.165, 1.54) is 32.1 Å². The maximum Gasteiger partial charge on any atom is 0.274 e. The largest absolute Gasteiger partial charge is 0.369 e. The zero-order valence-electron chi connectivity index (χ0n) is 20.7. The van der Waals surface area contributed by atoms with E-state index in [0.29, 0.717) is 43.1 Å². The fourth-order valence-electron chi connectivity index (χ4n) is 6.98. The standard InChI is InChI=1S/C27H37N5O3/c1-2-18-12-19-6-4-10-27(13-18,14-19)15-24(33)30-23-9-3-8-22-29-21(17-32(22)23)26(35)31-11-5-7-20(16-31)25(28)34/h3,8-9,17-20H,2,4-7,10-16H2,1H3,(H2,28,34)(H,30,33).